The van der Waals surface area contributed by atoms with Crippen LogP contribution in [0.2, 0.25) is 0 Å². The zero-order valence-electron chi connectivity index (χ0n) is 11.7. The van der Waals surface area contributed by atoms with Crippen molar-refractivity contribution in [2.24, 2.45) is 5.92 Å². The Kier molecular flexibility index (Phi) is 4.89. The van der Waals surface area contributed by atoms with Crippen LogP contribution in [0.1, 0.15) is 17.9 Å². The highest BCUT2D eigenvalue weighted by atomic mass is 79.9. The maximum Gasteiger partial charge on any atom is 0.276 e. The summed E-state index contributed by atoms with van der Waals surface area (Å²) >= 11 is 4.92. The quantitative estimate of drug-likeness (QED) is 0.715. The van der Waals surface area contributed by atoms with Gasteiger partial charge < -0.3 is 4.42 Å². The molecular formula is C14H15BrN2O3S2. The van der Waals surface area contributed by atoms with E-state index in [2.05, 4.69) is 26.1 Å². The van der Waals surface area contributed by atoms with E-state index < -0.39 is 9.84 Å². The predicted octanol–water partition coefficient (Wildman–Crippen LogP) is 3.10. The zero-order valence-corrected chi connectivity index (χ0v) is 15.0. The number of halogens is 1. The normalized spacial score (nSPS) is 20.3. The molecule has 1 aliphatic rings. The fourth-order valence-corrected chi connectivity index (χ4v) is 5.46. The third-order valence-electron chi connectivity index (χ3n) is 3.49. The van der Waals surface area contributed by atoms with Gasteiger partial charge in [0.1, 0.15) is 0 Å². The van der Waals surface area contributed by atoms with Gasteiger partial charge >= 0.3 is 0 Å². The molecule has 0 aliphatic carbocycles. The Bertz CT molecular complexity index is 761. The number of benzene rings is 1. The van der Waals surface area contributed by atoms with E-state index >= 15 is 0 Å². The number of aromatic nitrogens is 2. The van der Waals surface area contributed by atoms with Crippen LogP contribution in [0.5, 0.6) is 0 Å². The highest BCUT2D eigenvalue weighted by molar-refractivity contribution is 9.10. The van der Waals surface area contributed by atoms with Crippen molar-refractivity contribution in [3.05, 3.63) is 40.2 Å². The van der Waals surface area contributed by atoms with Gasteiger partial charge in [-0.1, -0.05) is 39.8 Å². The van der Waals surface area contributed by atoms with Crippen molar-refractivity contribution in [1.82, 2.24) is 10.2 Å². The van der Waals surface area contributed by atoms with Gasteiger partial charge in [-0.05, 0) is 30.0 Å². The first-order valence-corrected chi connectivity index (χ1v) is 10.5. The smallest absolute Gasteiger partial charge is 0.276 e. The Balaban J connectivity index is 1.55. The molecule has 0 unspecified atom stereocenters. The van der Waals surface area contributed by atoms with Crippen molar-refractivity contribution >= 4 is 37.5 Å². The summed E-state index contributed by atoms with van der Waals surface area (Å²) in [7, 11) is -2.86. The molecule has 1 atom stereocenters. The van der Waals surface area contributed by atoms with Gasteiger partial charge in [0.25, 0.3) is 5.22 Å². The Morgan fingerprint density at radius 2 is 2.23 bits per heavy atom. The van der Waals surface area contributed by atoms with E-state index in [-0.39, 0.29) is 17.4 Å². The third kappa shape index (κ3) is 4.33. The molecule has 5 nitrogen and oxygen atoms in total. The van der Waals surface area contributed by atoms with Gasteiger partial charge in [-0.2, -0.15) is 0 Å². The lowest BCUT2D eigenvalue weighted by atomic mass is 10.1. The van der Waals surface area contributed by atoms with Crippen molar-refractivity contribution in [2.75, 3.05) is 11.5 Å². The van der Waals surface area contributed by atoms with Gasteiger partial charge in [0.05, 0.1) is 11.5 Å². The summed E-state index contributed by atoms with van der Waals surface area (Å²) in [5.74, 6) is 1.89. The summed E-state index contributed by atoms with van der Waals surface area (Å²) in [5.41, 5.74) is 1.17. The fourth-order valence-electron chi connectivity index (χ4n) is 2.43. The van der Waals surface area contributed by atoms with Gasteiger partial charge in [-0.3, -0.25) is 0 Å². The van der Waals surface area contributed by atoms with Gasteiger partial charge in [0.2, 0.25) is 5.89 Å². The highest BCUT2D eigenvalue weighted by Gasteiger charge is 2.29. The van der Waals surface area contributed by atoms with Crippen LogP contribution in [0.15, 0.2) is 38.4 Å². The van der Waals surface area contributed by atoms with E-state index in [0.717, 1.165) is 10.2 Å². The van der Waals surface area contributed by atoms with Crippen LogP contribution in [0, 0.1) is 5.92 Å². The van der Waals surface area contributed by atoms with E-state index in [1.54, 1.807) is 0 Å². The third-order valence-corrected chi connectivity index (χ3v) is 6.71. The maximum absolute atomic E-state index is 11.4. The van der Waals surface area contributed by atoms with Crippen LogP contribution in [-0.2, 0) is 22.0 Å². The summed E-state index contributed by atoms with van der Waals surface area (Å²) in [6, 6.07) is 8.06. The van der Waals surface area contributed by atoms with Crippen molar-refractivity contribution in [1.29, 1.82) is 0 Å². The van der Waals surface area contributed by atoms with Crippen molar-refractivity contribution in [2.45, 2.75) is 23.8 Å². The molecule has 0 saturated carbocycles. The molecule has 1 aromatic heterocycles. The average molecular weight is 403 g/mol. The minimum Gasteiger partial charge on any atom is -0.416 e. The van der Waals surface area contributed by atoms with Crippen LogP contribution < -0.4 is 0 Å². The molecule has 1 aliphatic heterocycles. The Hall–Kier alpha value is -0.860. The number of rotatable bonds is 5. The second kappa shape index (κ2) is 6.72. The lowest BCUT2D eigenvalue weighted by Gasteiger charge is -2.02. The largest absolute Gasteiger partial charge is 0.416 e. The van der Waals surface area contributed by atoms with Crippen molar-refractivity contribution in [3.8, 4) is 0 Å². The first-order chi connectivity index (χ1) is 10.5. The second-order valence-corrected chi connectivity index (χ2v) is 9.42. The molecule has 1 fully saturated rings. The summed E-state index contributed by atoms with van der Waals surface area (Å²) < 4.78 is 29.5. The predicted molar refractivity (Wildman–Crippen MR) is 88.5 cm³/mol. The molecule has 0 N–H and O–H groups in total. The van der Waals surface area contributed by atoms with E-state index in [9.17, 15) is 8.42 Å². The average Bonchev–Trinajstić information content (AvgIpc) is 3.03. The fraction of sp³-hybridized carbons (Fsp3) is 0.429. The number of hydrogen-bond acceptors (Lipinski definition) is 6. The van der Waals surface area contributed by atoms with Crippen LogP contribution in [0.25, 0.3) is 0 Å². The molecule has 2 aromatic rings. The molecule has 0 amide bonds. The molecular weight excluding hydrogens is 388 g/mol. The minimum atomic E-state index is -2.86. The van der Waals surface area contributed by atoms with E-state index in [1.165, 1.54) is 17.3 Å². The first-order valence-electron chi connectivity index (χ1n) is 6.90. The monoisotopic (exact) mass is 402 g/mol. The van der Waals surface area contributed by atoms with Crippen LogP contribution in [0.3, 0.4) is 0 Å². The molecule has 22 heavy (non-hydrogen) atoms. The maximum atomic E-state index is 11.4. The SMILES string of the molecule is O=S1(=O)CC[C@H](Cc2nnc(SCc3cccc(Br)c3)o2)C1. The standard InChI is InChI=1S/C14H15BrN2O3S2/c15-12-3-1-2-10(6-12)8-21-14-17-16-13(20-14)7-11-4-5-22(18,19)9-11/h1-3,6,11H,4-5,7-9H2/t11-/m1/s1. The molecule has 1 aromatic carbocycles. The summed E-state index contributed by atoms with van der Waals surface area (Å²) in [5, 5.41) is 8.56. The van der Waals surface area contributed by atoms with Gasteiger partial charge in [0.15, 0.2) is 9.84 Å². The molecule has 3 rings (SSSR count). The highest BCUT2D eigenvalue weighted by Crippen LogP contribution is 2.26. The van der Waals surface area contributed by atoms with Crippen LogP contribution >= 0.6 is 27.7 Å². The van der Waals surface area contributed by atoms with E-state index in [4.69, 9.17) is 4.42 Å². The first kappa shape index (κ1) is 16.0. The number of sulfone groups is 1. The number of thioether (sulfide) groups is 1. The Labute approximate surface area is 141 Å². The zero-order chi connectivity index (χ0) is 15.6. The topological polar surface area (TPSA) is 73.1 Å². The van der Waals surface area contributed by atoms with E-state index in [1.807, 2.05) is 24.3 Å². The van der Waals surface area contributed by atoms with Gasteiger partial charge in [-0.25, -0.2) is 8.42 Å². The number of hydrogen-bond donors (Lipinski definition) is 0. The molecule has 1 saturated heterocycles. The minimum absolute atomic E-state index is 0.105. The van der Waals surface area contributed by atoms with Crippen LogP contribution in [-0.4, -0.2) is 30.1 Å². The summed E-state index contributed by atoms with van der Waals surface area (Å²) in [6.45, 7) is 0. The lowest BCUT2D eigenvalue weighted by Crippen LogP contribution is -2.07. The van der Waals surface area contributed by atoms with Gasteiger partial charge in [-0.15, -0.1) is 10.2 Å². The summed E-state index contributed by atoms with van der Waals surface area (Å²) in [4.78, 5) is 0. The van der Waals surface area contributed by atoms with Crippen molar-refractivity contribution < 1.29 is 12.8 Å². The summed E-state index contributed by atoms with van der Waals surface area (Å²) in [6.07, 6.45) is 1.23. The molecule has 118 valence electrons. The molecule has 0 spiro atoms. The molecule has 8 heteroatoms. The van der Waals surface area contributed by atoms with E-state index in [0.29, 0.717) is 24.0 Å². The Morgan fingerprint density at radius 1 is 1.36 bits per heavy atom. The Morgan fingerprint density at radius 3 is 2.95 bits per heavy atom. The number of nitrogens with zero attached hydrogens (tertiary/aromatic N) is 2. The second-order valence-electron chi connectivity index (χ2n) is 5.35. The van der Waals surface area contributed by atoms with Gasteiger partial charge in [0, 0.05) is 16.6 Å². The molecule has 2 heterocycles. The molecule has 0 radical (unpaired) electrons. The lowest BCUT2D eigenvalue weighted by molar-refractivity contribution is 0.389. The molecule has 0 bridgehead atoms. The van der Waals surface area contributed by atoms with Crippen molar-refractivity contribution in [3.63, 3.8) is 0 Å². The van der Waals surface area contributed by atoms with Crippen LogP contribution in [0.4, 0.5) is 0 Å².